The average molecular weight is 405 g/mol. The first-order valence-electron chi connectivity index (χ1n) is 8.40. The number of halogens is 1. The Morgan fingerprint density at radius 3 is 2.37 bits per heavy atom. The Balaban J connectivity index is 2.24. The van der Waals surface area contributed by atoms with Crippen LogP contribution >= 0.6 is 11.6 Å². The van der Waals surface area contributed by atoms with E-state index in [2.05, 4.69) is 21.2 Å². The molecule has 6 nitrogen and oxygen atoms in total. The molecule has 0 spiro atoms. The van der Waals surface area contributed by atoms with Crippen molar-refractivity contribution < 1.29 is 8.42 Å². The van der Waals surface area contributed by atoms with Gasteiger partial charge >= 0.3 is 0 Å². The van der Waals surface area contributed by atoms with E-state index in [9.17, 15) is 8.42 Å². The van der Waals surface area contributed by atoms with Gasteiger partial charge in [-0.3, -0.25) is 0 Å². The van der Waals surface area contributed by atoms with Gasteiger partial charge in [0.1, 0.15) is 5.69 Å². The van der Waals surface area contributed by atoms with Gasteiger partial charge in [0.05, 0.1) is 28.1 Å². The zero-order valence-electron chi connectivity index (χ0n) is 15.5. The summed E-state index contributed by atoms with van der Waals surface area (Å²) in [5, 5.41) is 17.4. The van der Waals surface area contributed by atoms with Crippen LogP contribution < -0.4 is 4.90 Å². The second-order valence-corrected chi connectivity index (χ2v) is 8.47. The van der Waals surface area contributed by atoms with E-state index in [1.165, 1.54) is 18.2 Å². The van der Waals surface area contributed by atoms with E-state index in [1.54, 1.807) is 0 Å². The smallest absolute Gasteiger partial charge is 0.175 e. The summed E-state index contributed by atoms with van der Waals surface area (Å²) >= 11 is 6.12. The minimum absolute atomic E-state index is 0.143. The van der Waals surface area contributed by atoms with Crippen molar-refractivity contribution in [3.63, 3.8) is 0 Å². The molecule has 0 bridgehead atoms. The van der Waals surface area contributed by atoms with Crippen LogP contribution in [0.25, 0.3) is 0 Å². The molecule has 27 heavy (non-hydrogen) atoms. The van der Waals surface area contributed by atoms with Crippen molar-refractivity contribution in [2.45, 2.75) is 25.2 Å². The highest BCUT2D eigenvalue weighted by atomic mass is 35.5. The van der Waals surface area contributed by atoms with Gasteiger partial charge in [0.25, 0.3) is 0 Å². The Morgan fingerprint density at radius 2 is 1.81 bits per heavy atom. The average Bonchev–Trinajstić information content (AvgIpc) is 2.61. The van der Waals surface area contributed by atoms with Crippen LogP contribution in [0.5, 0.6) is 0 Å². The highest BCUT2D eigenvalue weighted by Gasteiger charge is 2.10. The van der Waals surface area contributed by atoms with E-state index in [1.807, 2.05) is 32.0 Å². The van der Waals surface area contributed by atoms with E-state index in [-0.39, 0.29) is 9.92 Å². The molecule has 0 atom stereocenters. The predicted molar refractivity (Wildman–Crippen MR) is 108 cm³/mol. The van der Waals surface area contributed by atoms with Gasteiger partial charge in [0.15, 0.2) is 9.84 Å². The largest absolute Gasteiger partial charge is 0.371 e. The summed E-state index contributed by atoms with van der Waals surface area (Å²) in [4.78, 5) is 2.27. The number of hydrogen-bond donors (Lipinski definition) is 0. The number of benzene rings is 2. The molecule has 0 aliphatic rings. The third-order valence-electron chi connectivity index (χ3n) is 4.03. The van der Waals surface area contributed by atoms with Gasteiger partial charge in [-0.25, -0.2) is 8.42 Å². The first kappa shape index (κ1) is 20.9. The van der Waals surface area contributed by atoms with Crippen LogP contribution in [0, 0.1) is 18.3 Å². The van der Waals surface area contributed by atoms with E-state index in [4.69, 9.17) is 16.9 Å². The van der Waals surface area contributed by atoms with Crippen molar-refractivity contribution in [2.75, 3.05) is 24.2 Å². The lowest BCUT2D eigenvalue weighted by Gasteiger charge is -2.22. The van der Waals surface area contributed by atoms with Gasteiger partial charge in [-0.15, -0.1) is 5.11 Å². The summed E-state index contributed by atoms with van der Waals surface area (Å²) in [5.74, 6) is 0. The minimum atomic E-state index is -3.32. The topological polar surface area (TPSA) is 85.9 Å². The highest BCUT2D eigenvalue weighted by Crippen LogP contribution is 2.31. The summed E-state index contributed by atoms with van der Waals surface area (Å²) in [7, 11) is -3.32. The summed E-state index contributed by atoms with van der Waals surface area (Å²) in [6, 6.07) is 12.3. The summed E-state index contributed by atoms with van der Waals surface area (Å²) < 4.78 is 23.1. The van der Waals surface area contributed by atoms with Gasteiger partial charge in [-0.2, -0.15) is 10.4 Å². The molecule has 2 aromatic rings. The number of sulfone groups is 1. The van der Waals surface area contributed by atoms with E-state index in [0.717, 1.165) is 24.1 Å². The number of azo groups is 1. The van der Waals surface area contributed by atoms with E-state index < -0.39 is 9.84 Å². The first-order chi connectivity index (χ1) is 12.8. The van der Waals surface area contributed by atoms with Crippen LogP contribution in [0.2, 0.25) is 5.02 Å². The van der Waals surface area contributed by atoms with Crippen molar-refractivity contribution in [2.24, 2.45) is 10.2 Å². The molecule has 0 fully saturated rings. The van der Waals surface area contributed by atoms with Crippen LogP contribution in [0.4, 0.5) is 17.1 Å². The number of rotatable bonds is 7. The predicted octanol–water partition coefficient (Wildman–Crippen LogP) is 5.21. The lowest BCUT2D eigenvalue weighted by Crippen LogP contribution is -2.23. The Labute approximate surface area is 165 Å². The maximum absolute atomic E-state index is 11.6. The van der Waals surface area contributed by atoms with Crippen molar-refractivity contribution in [1.82, 2.24) is 0 Å². The van der Waals surface area contributed by atoms with Gasteiger partial charge in [-0.1, -0.05) is 11.6 Å². The molecule has 142 valence electrons. The van der Waals surface area contributed by atoms with Crippen LogP contribution in [0.15, 0.2) is 51.5 Å². The molecule has 0 amide bonds. The second-order valence-electron chi connectivity index (χ2n) is 6.04. The van der Waals surface area contributed by atoms with Gasteiger partial charge < -0.3 is 4.90 Å². The monoisotopic (exact) mass is 404 g/mol. The van der Waals surface area contributed by atoms with Crippen molar-refractivity contribution >= 4 is 38.5 Å². The molecule has 2 aromatic carbocycles. The molecule has 0 heterocycles. The fourth-order valence-electron chi connectivity index (χ4n) is 2.51. The molecule has 0 unspecified atom stereocenters. The Bertz CT molecular complexity index is 997. The number of nitrogens with zero attached hydrogens (tertiary/aromatic N) is 4. The third kappa shape index (κ3) is 5.52. The van der Waals surface area contributed by atoms with Gasteiger partial charge in [0, 0.05) is 25.0 Å². The van der Waals surface area contributed by atoms with Crippen LogP contribution in [-0.4, -0.2) is 27.8 Å². The molecule has 0 saturated heterocycles. The first-order valence-corrected chi connectivity index (χ1v) is 10.7. The quantitative estimate of drug-likeness (QED) is 0.593. The second kappa shape index (κ2) is 8.98. The van der Waals surface area contributed by atoms with Gasteiger partial charge in [0.2, 0.25) is 0 Å². The maximum Gasteiger partial charge on any atom is 0.175 e. The molecule has 2 rings (SSSR count). The maximum atomic E-state index is 11.6. The molecule has 0 N–H and O–H groups in total. The zero-order valence-corrected chi connectivity index (χ0v) is 17.0. The van der Waals surface area contributed by atoms with E-state index >= 15 is 0 Å². The molecular weight excluding hydrogens is 384 g/mol. The lowest BCUT2D eigenvalue weighted by molar-refractivity contribution is 0.602. The SMILES string of the molecule is CCN(CCC#N)c1ccc(N=Nc2ccc(S(C)(=O)=O)cc2Cl)c(C)c1. The molecule has 0 saturated carbocycles. The lowest BCUT2D eigenvalue weighted by atomic mass is 10.1. The minimum Gasteiger partial charge on any atom is -0.371 e. The van der Waals surface area contributed by atoms with Crippen LogP contribution in [0.1, 0.15) is 18.9 Å². The fraction of sp³-hybridized carbons (Fsp3) is 0.316. The number of nitriles is 1. The third-order valence-corrected chi connectivity index (χ3v) is 5.45. The number of aryl methyl sites for hydroxylation is 1. The van der Waals surface area contributed by atoms with Gasteiger partial charge in [-0.05, 0) is 55.8 Å². The Hall–Kier alpha value is -2.43. The summed E-state index contributed by atoms with van der Waals surface area (Å²) in [6.45, 7) is 5.46. The van der Waals surface area contributed by atoms with Crippen molar-refractivity contribution in [3.05, 3.63) is 47.0 Å². The zero-order chi connectivity index (χ0) is 20.0. The molecule has 0 radical (unpaired) electrons. The fourth-order valence-corrected chi connectivity index (χ4v) is 3.44. The van der Waals surface area contributed by atoms with Crippen LogP contribution in [-0.2, 0) is 9.84 Å². The number of anilines is 1. The summed E-state index contributed by atoms with van der Waals surface area (Å²) in [6.07, 6.45) is 1.59. The normalized spacial score (nSPS) is 11.5. The molecule has 8 heteroatoms. The Kier molecular flexibility index (Phi) is 6.94. The number of hydrogen-bond acceptors (Lipinski definition) is 6. The summed E-state index contributed by atoms with van der Waals surface area (Å²) in [5.41, 5.74) is 3.06. The molecule has 0 aromatic heterocycles. The van der Waals surface area contributed by atoms with Crippen molar-refractivity contribution in [3.8, 4) is 6.07 Å². The molecule has 0 aliphatic carbocycles. The highest BCUT2D eigenvalue weighted by molar-refractivity contribution is 7.90. The Morgan fingerprint density at radius 1 is 1.15 bits per heavy atom. The molecular formula is C19H21ClN4O2S. The standard InChI is InChI=1S/C19H21ClN4O2S/c1-4-24(11-5-10-21)15-6-8-18(14(2)12-15)22-23-19-9-7-16(13-17(19)20)27(3,25)26/h6-9,12-13H,4-5,11H2,1-3H3. The van der Waals surface area contributed by atoms with E-state index in [0.29, 0.717) is 24.3 Å². The van der Waals surface area contributed by atoms with Crippen molar-refractivity contribution in [1.29, 1.82) is 5.26 Å². The molecule has 0 aliphatic heterocycles. The van der Waals surface area contributed by atoms with Crippen LogP contribution in [0.3, 0.4) is 0 Å².